The highest BCUT2D eigenvalue weighted by Crippen LogP contribution is 2.18. The third-order valence-corrected chi connectivity index (χ3v) is 3.00. The first-order chi connectivity index (χ1) is 7.17. The largest absolute Gasteiger partial charge is 0.465 e. The molecular formula is C11H12Br2O2. The van der Waals surface area contributed by atoms with Crippen LogP contribution in [0.25, 0.3) is 0 Å². The summed E-state index contributed by atoms with van der Waals surface area (Å²) >= 11 is 6.77. The van der Waals surface area contributed by atoms with Gasteiger partial charge in [-0.15, -0.1) is 0 Å². The van der Waals surface area contributed by atoms with Crippen LogP contribution in [0.2, 0.25) is 0 Å². The maximum absolute atomic E-state index is 11.3. The van der Waals surface area contributed by atoms with Crippen molar-refractivity contribution in [3.63, 3.8) is 0 Å². The molecule has 0 spiro atoms. The highest BCUT2D eigenvalue weighted by Gasteiger charge is 2.07. The Morgan fingerprint density at radius 3 is 2.73 bits per heavy atom. The summed E-state index contributed by atoms with van der Waals surface area (Å²) in [6.45, 7) is 0. The highest BCUT2D eigenvalue weighted by atomic mass is 79.9. The SMILES string of the molecule is COC(=O)c1cc(Br)cc(CCCBr)c1. The lowest BCUT2D eigenvalue weighted by molar-refractivity contribution is 0.0600. The van der Waals surface area contributed by atoms with Crippen LogP contribution in [-0.2, 0) is 11.2 Å². The van der Waals surface area contributed by atoms with Crippen molar-refractivity contribution in [2.45, 2.75) is 12.8 Å². The monoisotopic (exact) mass is 334 g/mol. The summed E-state index contributed by atoms with van der Waals surface area (Å²) in [6, 6.07) is 5.66. The molecular weight excluding hydrogens is 324 g/mol. The van der Waals surface area contributed by atoms with E-state index in [2.05, 4.69) is 36.6 Å². The van der Waals surface area contributed by atoms with Crippen LogP contribution >= 0.6 is 31.9 Å². The van der Waals surface area contributed by atoms with E-state index >= 15 is 0 Å². The van der Waals surface area contributed by atoms with Crippen LogP contribution in [0, 0.1) is 0 Å². The fourth-order valence-electron chi connectivity index (χ4n) is 1.30. The topological polar surface area (TPSA) is 26.3 Å². The summed E-state index contributed by atoms with van der Waals surface area (Å²) in [5.74, 6) is -0.295. The normalized spacial score (nSPS) is 10.1. The lowest BCUT2D eigenvalue weighted by Gasteiger charge is -2.04. The highest BCUT2D eigenvalue weighted by molar-refractivity contribution is 9.10. The Balaban J connectivity index is 2.89. The summed E-state index contributed by atoms with van der Waals surface area (Å²) < 4.78 is 5.59. The lowest BCUT2D eigenvalue weighted by Crippen LogP contribution is -2.02. The summed E-state index contributed by atoms with van der Waals surface area (Å²) in [7, 11) is 1.39. The second kappa shape index (κ2) is 6.28. The van der Waals surface area contributed by atoms with Gasteiger partial charge in [0, 0.05) is 9.80 Å². The first-order valence-corrected chi connectivity index (χ1v) is 6.52. The van der Waals surface area contributed by atoms with Gasteiger partial charge in [-0.1, -0.05) is 31.9 Å². The number of carbonyl (C=O) groups is 1. The van der Waals surface area contributed by atoms with Gasteiger partial charge in [-0.25, -0.2) is 4.79 Å². The Morgan fingerprint density at radius 1 is 1.40 bits per heavy atom. The molecule has 82 valence electrons. The molecule has 0 amide bonds. The van der Waals surface area contributed by atoms with E-state index in [0.29, 0.717) is 5.56 Å². The van der Waals surface area contributed by atoms with E-state index in [1.54, 1.807) is 6.07 Å². The van der Waals surface area contributed by atoms with Crippen molar-refractivity contribution in [1.82, 2.24) is 0 Å². The number of benzene rings is 1. The van der Waals surface area contributed by atoms with Gasteiger partial charge in [0.25, 0.3) is 0 Å². The average molecular weight is 336 g/mol. The number of hydrogen-bond donors (Lipinski definition) is 0. The van der Waals surface area contributed by atoms with Crippen LogP contribution in [0.3, 0.4) is 0 Å². The van der Waals surface area contributed by atoms with Gasteiger partial charge >= 0.3 is 5.97 Å². The summed E-state index contributed by atoms with van der Waals surface area (Å²) in [6.07, 6.45) is 2.01. The zero-order valence-corrected chi connectivity index (χ0v) is 11.6. The molecule has 4 heteroatoms. The Bertz CT molecular complexity index is 350. The van der Waals surface area contributed by atoms with E-state index in [9.17, 15) is 4.79 Å². The maximum Gasteiger partial charge on any atom is 0.337 e. The van der Waals surface area contributed by atoms with Crippen molar-refractivity contribution in [2.75, 3.05) is 12.4 Å². The van der Waals surface area contributed by atoms with Crippen LogP contribution < -0.4 is 0 Å². The number of aryl methyl sites for hydroxylation is 1. The van der Waals surface area contributed by atoms with Crippen LogP contribution in [0.4, 0.5) is 0 Å². The number of halogens is 2. The Labute approximate surface area is 106 Å². The second-order valence-corrected chi connectivity index (χ2v) is 4.84. The molecule has 0 aliphatic rings. The molecule has 1 aromatic rings. The van der Waals surface area contributed by atoms with Crippen LogP contribution in [-0.4, -0.2) is 18.4 Å². The standard InChI is InChI=1S/C11H12Br2O2/c1-15-11(14)9-5-8(3-2-4-12)6-10(13)7-9/h5-7H,2-4H2,1H3. The van der Waals surface area contributed by atoms with E-state index in [1.165, 1.54) is 7.11 Å². The fourth-order valence-corrected chi connectivity index (χ4v) is 2.12. The van der Waals surface area contributed by atoms with Crippen LogP contribution in [0.1, 0.15) is 22.3 Å². The number of esters is 1. The van der Waals surface area contributed by atoms with E-state index in [4.69, 9.17) is 0 Å². The van der Waals surface area contributed by atoms with Gasteiger partial charge in [-0.05, 0) is 36.6 Å². The smallest absolute Gasteiger partial charge is 0.337 e. The molecule has 0 N–H and O–H groups in total. The minimum atomic E-state index is -0.295. The van der Waals surface area contributed by atoms with Gasteiger partial charge in [-0.2, -0.15) is 0 Å². The second-order valence-electron chi connectivity index (χ2n) is 3.13. The molecule has 0 aromatic heterocycles. The number of alkyl halides is 1. The van der Waals surface area contributed by atoms with Crippen molar-refractivity contribution in [3.8, 4) is 0 Å². The van der Waals surface area contributed by atoms with Gasteiger partial charge in [0.2, 0.25) is 0 Å². The van der Waals surface area contributed by atoms with Crippen molar-refractivity contribution in [2.24, 2.45) is 0 Å². The number of hydrogen-bond acceptors (Lipinski definition) is 2. The molecule has 0 radical (unpaired) electrons. The molecule has 0 heterocycles. The van der Waals surface area contributed by atoms with Crippen molar-refractivity contribution >= 4 is 37.8 Å². The number of rotatable bonds is 4. The maximum atomic E-state index is 11.3. The average Bonchev–Trinajstić information content (AvgIpc) is 2.24. The van der Waals surface area contributed by atoms with Gasteiger partial charge in [-0.3, -0.25) is 0 Å². The van der Waals surface area contributed by atoms with E-state index in [1.807, 2.05) is 12.1 Å². The van der Waals surface area contributed by atoms with Crippen molar-refractivity contribution in [3.05, 3.63) is 33.8 Å². The Hall–Kier alpha value is -0.350. The van der Waals surface area contributed by atoms with E-state index < -0.39 is 0 Å². The van der Waals surface area contributed by atoms with Crippen LogP contribution in [0.5, 0.6) is 0 Å². The predicted octanol–water partition coefficient (Wildman–Crippen LogP) is 3.56. The van der Waals surface area contributed by atoms with Crippen molar-refractivity contribution < 1.29 is 9.53 Å². The number of carbonyl (C=O) groups excluding carboxylic acids is 1. The van der Waals surface area contributed by atoms with Crippen molar-refractivity contribution in [1.29, 1.82) is 0 Å². The molecule has 1 aromatic carbocycles. The summed E-state index contributed by atoms with van der Waals surface area (Å²) in [4.78, 5) is 11.3. The number of ether oxygens (including phenoxy) is 1. The predicted molar refractivity (Wildman–Crippen MR) is 67.6 cm³/mol. The Kier molecular flexibility index (Phi) is 5.32. The van der Waals surface area contributed by atoms with Crippen LogP contribution in [0.15, 0.2) is 22.7 Å². The molecule has 0 saturated heterocycles. The van der Waals surface area contributed by atoms with Gasteiger partial charge < -0.3 is 4.74 Å². The molecule has 15 heavy (non-hydrogen) atoms. The summed E-state index contributed by atoms with van der Waals surface area (Å²) in [5.41, 5.74) is 1.74. The quantitative estimate of drug-likeness (QED) is 0.621. The molecule has 0 unspecified atom stereocenters. The molecule has 0 aliphatic carbocycles. The molecule has 1 rings (SSSR count). The zero-order chi connectivity index (χ0) is 11.3. The van der Waals surface area contributed by atoms with Gasteiger partial charge in [0.1, 0.15) is 0 Å². The molecule has 0 fully saturated rings. The molecule has 2 nitrogen and oxygen atoms in total. The zero-order valence-electron chi connectivity index (χ0n) is 8.43. The minimum Gasteiger partial charge on any atom is -0.465 e. The molecule has 0 bridgehead atoms. The van der Waals surface area contributed by atoms with E-state index in [-0.39, 0.29) is 5.97 Å². The van der Waals surface area contributed by atoms with Gasteiger partial charge in [0.15, 0.2) is 0 Å². The third kappa shape index (κ3) is 3.95. The molecule has 0 atom stereocenters. The number of methoxy groups -OCH3 is 1. The first-order valence-electron chi connectivity index (χ1n) is 4.61. The first kappa shape index (κ1) is 12.7. The third-order valence-electron chi connectivity index (χ3n) is 1.98. The van der Waals surface area contributed by atoms with E-state index in [0.717, 1.165) is 28.2 Å². The molecule has 0 aliphatic heterocycles. The van der Waals surface area contributed by atoms with Gasteiger partial charge in [0.05, 0.1) is 12.7 Å². The summed E-state index contributed by atoms with van der Waals surface area (Å²) in [5, 5.41) is 0.965. The molecule has 0 saturated carbocycles. The lowest BCUT2D eigenvalue weighted by atomic mass is 10.1. The Morgan fingerprint density at radius 2 is 2.13 bits per heavy atom. The minimum absolute atomic E-state index is 0.295. The fraction of sp³-hybridized carbons (Fsp3) is 0.364.